The summed E-state index contributed by atoms with van der Waals surface area (Å²) in [5.74, 6) is 1.87. The van der Waals surface area contributed by atoms with Crippen molar-refractivity contribution in [1.29, 1.82) is 0 Å². The van der Waals surface area contributed by atoms with Crippen molar-refractivity contribution in [1.82, 2.24) is 15.2 Å². The first-order chi connectivity index (χ1) is 13.6. The van der Waals surface area contributed by atoms with E-state index in [0.29, 0.717) is 23.3 Å². The Morgan fingerprint density at radius 3 is 3.00 bits per heavy atom. The van der Waals surface area contributed by atoms with Crippen LogP contribution in [-0.4, -0.2) is 33.4 Å². The van der Waals surface area contributed by atoms with Crippen LogP contribution in [0, 0.1) is 13.8 Å². The summed E-state index contributed by atoms with van der Waals surface area (Å²) >= 11 is 1.34. The molecule has 144 valence electrons. The molecule has 7 heteroatoms. The van der Waals surface area contributed by atoms with Gasteiger partial charge in [-0.15, -0.1) is 5.10 Å². The zero-order chi connectivity index (χ0) is 19.5. The number of H-pyrrole nitrogens is 1. The molecule has 1 aliphatic rings. The summed E-state index contributed by atoms with van der Waals surface area (Å²) in [6.45, 7) is 5.09. The number of hydrogen-bond donors (Lipinski definition) is 1. The molecule has 0 radical (unpaired) electrons. The molecule has 3 aromatic rings. The van der Waals surface area contributed by atoms with Gasteiger partial charge in [-0.25, -0.2) is 4.98 Å². The van der Waals surface area contributed by atoms with Crippen LogP contribution >= 0.6 is 11.8 Å². The van der Waals surface area contributed by atoms with Crippen LogP contribution < -0.4 is 9.64 Å². The van der Waals surface area contributed by atoms with Gasteiger partial charge in [-0.05, 0) is 49.1 Å². The van der Waals surface area contributed by atoms with E-state index >= 15 is 0 Å². The zero-order valence-electron chi connectivity index (χ0n) is 15.9. The molecule has 1 aliphatic heterocycles. The molecule has 2 aromatic carbocycles. The average Bonchev–Trinajstić information content (AvgIpc) is 3.33. The van der Waals surface area contributed by atoms with Gasteiger partial charge in [0.2, 0.25) is 11.1 Å². The maximum absolute atomic E-state index is 12.6. The fourth-order valence-corrected chi connectivity index (χ4v) is 3.91. The minimum Gasteiger partial charge on any atom is -0.485 e. The highest BCUT2D eigenvalue weighted by Gasteiger charge is 2.24. The van der Waals surface area contributed by atoms with Gasteiger partial charge in [0.25, 0.3) is 0 Å². The summed E-state index contributed by atoms with van der Waals surface area (Å²) in [6.07, 6.45) is 0.910. The molecule has 4 rings (SSSR count). The summed E-state index contributed by atoms with van der Waals surface area (Å²) in [7, 11) is 0. The standard InChI is InChI=1S/C21H22N4O2S/c1-14-7-8-15(2)18(11-14)27-12-19-22-21(24-23-19)28-13-20(26)25-10-9-16-5-3-4-6-17(16)25/h3-8,11H,9-10,12-13H2,1-2H3,(H,22,23,24). The Labute approximate surface area is 168 Å². The molecular formula is C21H22N4O2S. The normalized spacial score (nSPS) is 12.9. The maximum Gasteiger partial charge on any atom is 0.237 e. The average molecular weight is 395 g/mol. The molecule has 0 saturated heterocycles. The maximum atomic E-state index is 12.6. The van der Waals surface area contributed by atoms with Crippen molar-refractivity contribution in [3.05, 3.63) is 65.0 Å². The number of aromatic amines is 1. The van der Waals surface area contributed by atoms with E-state index in [0.717, 1.165) is 35.5 Å². The number of thioether (sulfide) groups is 1. The molecule has 1 amide bonds. The van der Waals surface area contributed by atoms with E-state index in [1.54, 1.807) is 0 Å². The molecule has 1 N–H and O–H groups in total. The topological polar surface area (TPSA) is 71.1 Å². The number of amides is 1. The summed E-state index contributed by atoms with van der Waals surface area (Å²) < 4.78 is 5.84. The van der Waals surface area contributed by atoms with Gasteiger partial charge in [0.1, 0.15) is 12.4 Å². The molecular weight excluding hydrogens is 372 g/mol. The van der Waals surface area contributed by atoms with Crippen LogP contribution in [0.4, 0.5) is 5.69 Å². The van der Waals surface area contributed by atoms with Crippen molar-refractivity contribution >= 4 is 23.4 Å². The van der Waals surface area contributed by atoms with Crippen molar-refractivity contribution in [2.45, 2.75) is 32.0 Å². The second-order valence-corrected chi connectivity index (χ2v) is 7.78. The third-order valence-corrected chi connectivity index (χ3v) is 5.56. The molecule has 0 spiro atoms. The number of ether oxygens (including phenoxy) is 1. The van der Waals surface area contributed by atoms with Crippen molar-refractivity contribution in [2.75, 3.05) is 17.2 Å². The van der Waals surface area contributed by atoms with Crippen molar-refractivity contribution < 1.29 is 9.53 Å². The highest BCUT2D eigenvalue weighted by atomic mass is 32.2. The van der Waals surface area contributed by atoms with E-state index in [1.165, 1.54) is 17.3 Å². The van der Waals surface area contributed by atoms with Crippen LogP contribution in [0.2, 0.25) is 0 Å². The predicted octanol–water partition coefficient (Wildman–Crippen LogP) is 3.68. The van der Waals surface area contributed by atoms with Crippen LogP contribution in [-0.2, 0) is 17.8 Å². The summed E-state index contributed by atoms with van der Waals surface area (Å²) in [5, 5.41) is 7.63. The Balaban J connectivity index is 1.31. The van der Waals surface area contributed by atoms with Crippen LogP contribution in [0.3, 0.4) is 0 Å². The first-order valence-electron chi connectivity index (χ1n) is 9.22. The van der Waals surface area contributed by atoms with Gasteiger partial charge in [0, 0.05) is 12.2 Å². The molecule has 2 heterocycles. The number of para-hydroxylation sites is 1. The van der Waals surface area contributed by atoms with E-state index < -0.39 is 0 Å². The van der Waals surface area contributed by atoms with Gasteiger partial charge in [0.15, 0.2) is 5.82 Å². The van der Waals surface area contributed by atoms with Crippen LogP contribution in [0.5, 0.6) is 5.75 Å². The van der Waals surface area contributed by atoms with E-state index in [2.05, 4.69) is 27.3 Å². The number of rotatable bonds is 6. The first kappa shape index (κ1) is 18.6. The number of nitrogens with zero attached hydrogens (tertiary/aromatic N) is 3. The number of carbonyl (C=O) groups excluding carboxylic acids is 1. The van der Waals surface area contributed by atoms with Crippen molar-refractivity contribution in [3.63, 3.8) is 0 Å². The highest BCUT2D eigenvalue weighted by Crippen LogP contribution is 2.28. The van der Waals surface area contributed by atoms with Gasteiger partial charge in [0.05, 0.1) is 5.75 Å². The largest absolute Gasteiger partial charge is 0.485 e. The lowest BCUT2D eigenvalue weighted by molar-refractivity contribution is -0.116. The molecule has 6 nitrogen and oxygen atoms in total. The summed E-state index contributed by atoms with van der Waals surface area (Å²) in [4.78, 5) is 18.9. The molecule has 0 unspecified atom stereocenters. The number of benzene rings is 2. The van der Waals surface area contributed by atoms with Gasteiger partial charge < -0.3 is 9.64 Å². The monoisotopic (exact) mass is 394 g/mol. The Hall–Kier alpha value is -2.80. The SMILES string of the molecule is Cc1ccc(C)c(OCc2nc(SCC(=O)N3CCc4ccccc43)n[nH]2)c1. The number of fused-ring (bicyclic) bond motifs is 1. The minimum absolute atomic E-state index is 0.0768. The number of hydrogen-bond acceptors (Lipinski definition) is 5. The van der Waals surface area contributed by atoms with Crippen LogP contribution in [0.15, 0.2) is 47.6 Å². The molecule has 1 aromatic heterocycles. The van der Waals surface area contributed by atoms with E-state index in [9.17, 15) is 4.79 Å². The van der Waals surface area contributed by atoms with E-state index in [1.807, 2.05) is 49.1 Å². The van der Waals surface area contributed by atoms with Crippen LogP contribution in [0.1, 0.15) is 22.5 Å². The Bertz CT molecular complexity index is 1000. The van der Waals surface area contributed by atoms with Gasteiger partial charge >= 0.3 is 0 Å². The molecule has 0 fully saturated rings. The van der Waals surface area contributed by atoms with Crippen molar-refractivity contribution in [3.8, 4) is 5.75 Å². The molecule has 0 atom stereocenters. The second-order valence-electron chi connectivity index (χ2n) is 6.84. The first-order valence-corrected chi connectivity index (χ1v) is 10.2. The number of aryl methyl sites for hydroxylation is 2. The number of carbonyl (C=O) groups is 1. The quantitative estimate of drug-likeness (QED) is 0.646. The second kappa shape index (κ2) is 8.06. The Morgan fingerprint density at radius 1 is 1.25 bits per heavy atom. The van der Waals surface area contributed by atoms with Gasteiger partial charge in [-0.2, -0.15) is 0 Å². The fourth-order valence-electron chi connectivity index (χ4n) is 3.22. The lowest BCUT2D eigenvalue weighted by atomic mass is 10.1. The number of aromatic nitrogens is 3. The van der Waals surface area contributed by atoms with Crippen molar-refractivity contribution in [2.24, 2.45) is 0 Å². The van der Waals surface area contributed by atoms with Gasteiger partial charge in [-0.3, -0.25) is 9.89 Å². The number of nitrogens with one attached hydrogen (secondary N) is 1. The van der Waals surface area contributed by atoms with Crippen LogP contribution in [0.25, 0.3) is 0 Å². The predicted molar refractivity (Wildman–Crippen MR) is 110 cm³/mol. The summed E-state index contributed by atoms with van der Waals surface area (Å²) in [5.41, 5.74) is 4.47. The highest BCUT2D eigenvalue weighted by molar-refractivity contribution is 7.99. The van der Waals surface area contributed by atoms with E-state index in [-0.39, 0.29) is 5.91 Å². The summed E-state index contributed by atoms with van der Waals surface area (Å²) in [6, 6.07) is 14.2. The lowest BCUT2D eigenvalue weighted by Crippen LogP contribution is -2.30. The molecule has 0 bridgehead atoms. The molecule has 0 aliphatic carbocycles. The minimum atomic E-state index is 0.0768. The number of anilines is 1. The Kier molecular flexibility index (Phi) is 5.34. The Morgan fingerprint density at radius 2 is 2.11 bits per heavy atom. The smallest absolute Gasteiger partial charge is 0.237 e. The lowest BCUT2D eigenvalue weighted by Gasteiger charge is -2.16. The molecule has 0 saturated carbocycles. The third kappa shape index (κ3) is 4.04. The molecule has 28 heavy (non-hydrogen) atoms. The third-order valence-electron chi connectivity index (χ3n) is 4.73. The zero-order valence-corrected chi connectivity index (χ0v) is 16.8. The fraction of sp³-hybridized carbons (Fsp3) is 0.286. The van der Waals surface area contributed by atoms with Gasteiger partial charge in [-0.1, -0.05) is 42.1 Å². The van der Waals surface area contributed by atoms with E-state index in [4.69, 9.17) is 4.74 Å².